The molecule has 0 bridgehead atoms. The second kappa shape index (κ2) is 6.54. The number of carbonyl (C=O) groups is 1. The second-order valence-electron chi connectivity index (χ2n) is 6.26. The van der Waals surface area contributed by atoms with Crippen LogP contribution < -0.4 is 5.48 Å². The molecule has 114 valence electrons. The molecule has 1 aliphatic heterocycles. The van der Waals surface area contributed by atoms with E-state index in [4.69, 9.17) is 5.21 Å². The van der Waals surface area contributed by atoms with Crippen molar-refractivity contribution in [2.75, 3.05) is 13.1 Å². The van der Waals surface area contributed by atoms with Crippen LogP contribution >= 0.6 is 0 Å². The Bertz CT molecular complexity index is 512. The van der Waals surface area contributed by atoms with E-state index < -0.39 is 5.91 Å². The zero-order valence-corrected chi connectivity index (χ0v) is 12.3. The van der Waals surface area contributed by atoms with Crippen molar-refractivity contribution in [3.63, 3.8) is 0 Å². The summed E-state index contributed by atoms with van der Waals surface area (Å²) in [4.78, 5) is 18.3. The lowest BCUT2D eigenvalue weighted by atomic mass is 9.88. The van der Waals surface area contributed by atoms with Gasteiger partial charge in [-0.05, 0) is 30.4 Å². The Labute approximate surface area is 125 Å². The molecule has 0 unspecified atom stereocenters. The van der Waals surface area contributed by atoms with Crippen molar-refractivity contribution >= 4 is 5.91 Å². The van der Waals surface area contributed by atoms with Crippen molar-refractivity contribution in [3.8, 4) is 0 Å². The maximum atomic E-state index is 11.5. The van der Waals surface area contributed by atoms with Crippen LogP contribution in [0, 0.1) is 5.92 Å². The monoisotopic (exact) mass is 289 g/mol. The number of hydrogen-bond donors (Lipinski definition) is 2. The van der Waals surface area contributed by atoms with Crippen LogP contribution in [0.25, 0.3) is 0 Å². The molecule has 21 heavy (non-hydrogen) atoms. The predicted octanol–water partition coefficient (Wildman–Crippen LogP) is 2.14. The first-order valence-electron chi connectivity index (χ1n) is 7.91. The topological polar surface area (TPSA) is 65.5 Å². The lowest BCUT2D eigenvalue weighted by molar-refractivity contribution is 0.0705. The summed E-state index contributed by atoms with van der Waals surface area (Å²) in [5.74, 6) is 0.340. The van der Waals surface area contributed by atoms with Gasteiger partial charge in [-0.2, -0.15) is 0 Å². The lowest BCUT2D eigenvalue weighted by Gasteiger charge is -2.33. The first kappa shape index (κ1) is 14.5. The van der Waals surface area contributed by atoms with Gasteiger partial charge in [0.15, 0.2) is 0 Å². The van der Waals surface area contributed by atoms with Gasteiger partial charge in [-0.15, -0.1) is 0 Å². The largest absolute Gasteiger partial charge is 0.298 e. The molecule has 2 heterocycles. The molecule has 0 aromatic carbocycles. The summed E-state index contributed by atoms with van der Waals surface area (Å²) in [6.07, 6.45) is 9.34. The average Bonchev–Trinajstić information content (AvgIpc) is 2.54. The molecule has 0 radical (unpaired) electrons. The third kappa shape index (κ3) is 3.41. The summed E-state index contributed by atoms with van der Waals surface area (Å²) in [5.41, 5.74) is 4.31. The van der Waals surface area contributed by atoms with Gasteiger partial charge >= 0.3 is 0 Å². The molecular formula is C16H23N3O2. The van der Waals surface area contributed by atoms with Crippen LogP contribution in [0.5, 0.6) is 0 Å². The molecular weight excluding hydrogens is 266 g/mol. The molecule has 3 rings (SSSR count). The minimum atomic E-state index is -0.491. The standard InChI is InChI=1S/C16H23N3O2/c20-16(18-21)13-8-14-11-19(7-6-15(14)17-9-13)10-12-4-2-1-3-5-12/h8-9,12,21H,1-7,10-11H2,(H,18,20). The Balaban J connectivity index is 1.67. The molecule has 2 aliphatic rings. The van der Waals surface area contributed by atoms with Gasteiger partial charge < -0.3 is 0 Å². The molecule has 1 aromatic rings. The van der Waals surface area contributed by atoms with Gasteiger partial charge in [0.25, 0.3) is 5.91 Å². The highest BCUT2D eigenvalue weighted by Gasteiger charge is 2.22. The smallest absolute Gasteiger partial charge is 0.276 e. The Morgan fingerprint density at radius 1 is 1.38 bits per heavy atom. The Morgan fingerprint density at radius 3 is 2.95 bits per heavy atom. The fourth-order valence-corrected chi connectivity index (χ4v) is 3.56. The molecule has 1 aliphatic carbocycles. The number of nitrogens with zero attached hydrogens (tertiary/aromatic N) is 2. The molecule has 5 heteroatoms. The molecule has 5 nitrogen and oxygen atoms in total. The number of aromatic nitrogens is 1. The van der Waals surface area contributed by atoms with E-state index in [9.17, 15) is 4.79 Å². The van der Waals surface area contributed by atoms with Crippen LogP contribution in [0.3, 0.4) is 0 Å². The summed E-state index contributed by atoms with van der Waals surface area (Å²) in [6, 6.07) is 1.86. The maximum absolute atomic E-state index is 11.5. The summed E-state index contributed by atoms with van der Waals surface area (Å²) < 4.78 is 0. The quantitative estimate of drug-likeness (QED) is 0.661. The molecule has 0 saturated heterocycles. The number of hydroxylamine groups is 1. The molecule has 1 fully saturated rings. The number of amides is 1. The third-order valence-electron chi connectivity index (χ3n) is 4.72. The fraction of sp³-hybridized carbons (Fsp3) is 0.625. The normalized spacial score (nSPS) is 20.0. The number of nitrogens with one attached hydrogen (secondary N) is 1. The van der Waals surface area contributed by atoms with Gasteiger partial charge in [0.05, 0.1) is 5.56 Å². The van der Waals surface area contributed by atoms with Crippen LogP contribution in [0.15, 0.2) is 12.3 Å². The van der Waals surface area contributed by atoms with Gasteiger partial charge in [-0.3, -0.25) is 19.9 Å². The summed E-state index contributed by atoms with van der Waals surface area (Å²) in [6.45, 7) is 3.09. The van der Waals surface area contributed by atoms with E-state index in [2.05, 4.69) is 9.88 Å². The first-order valence-corrected chi connectivity index (χ1v) is 7.91. The van der Waals surface area contributed by atoms with Crippen molar-refractivity contribution in [2.24, 2.45) is 5.92 Å². The minimum Gasteiger partial charge on any atom is -0.298 e. The second-order valence-corrected chi connectivity index (χ2v) is 6.26. The lowest BCUT2D eigenvalue weighted by Crippen LogP contribution is -2.35. The molecule has 2 N–H and O–H groups in total. The zero-order chi connectivity index (χ0) is 14.7. The van der Waals surface area contributed by atoms with Crippen LogP contribution in [-0.2, 0) is 13.0 Å². The van der Waals surface area contributed by atoms with Crippen LogP contribution in [0.2, 0.25) is 0 Å². The van der Waals surface area contributed by atoms with E-state index >= 15 is 0 Å². The highest BCUT2D eigenvalue weighted by molar-refractivity contribution is 5.93. The number of rotatable bonds is 3. The van der Waals surface area contributed by atoms with Gasteiger partial charge in [0, 0.05) is 37.9 Å². The van der Waals surface area contributed by atoms with Crippen molar-refractivity contribution in [3.05, 3.63) is 29.1 Å². The first-order chi connectivity index (χ1) is 10.3. The summed E-state index contributed by atoms with van der Waals surface area (Å²) in [5, 5.41) is 8.72. The molecule has 0 spiro atoms. The number of hydrogen-bond acceptors (Lipinski definition) is 4. The van der Waals surface area contributed by atoms with Gasteiger partial charge in [-0.1, -0.05) is 19.3 Å². The van der Waals surface area contributed by atoms with Gasteiger partial charge in [-0.25, -0.2) is 5.48 Å². The molecule has 1 saturated carbocycles. The van der Waals surface area contributed by atoms with E-state index in [0.29, 0.717) is 5.56 Å². The maximum Gasteiger partial charge on any atom is 0.276 e. The van der Waals surface area contributed by atoms with Crippen LogP contribution in [0.4, 0.5) is 0 Å². The molecule has 1 aromatic heterocycles. The van der Waals surface area contributed by atoms with Crippen LogP contribution in [-0.4, -0.2) is 34.1 Å². The van der Waals surface area contributed by atoms with E-state index in [1.54, 1.807) is 11.7 Å². The number of carbonyl (C=O) groups excluding carboxylic acids is 1. The Kier molecular flexibility index (Phi) is 4.51. The van der Waals surface area contributed by atoms with Crippen molar-refractivity contribution in [1.82, 2.24) is 15.4 Å². The van der Waals surface area contributed by atoms with Gasteiger partial charge in [0.2, 0.25) is 0 Å². The van der Waals surface area contributed by atoms with E-state index in [1.165, 1.54) is 32.1 Å². The van der Waals surface area contributed by atoms with Crippen LogP contribution in [0.1, 0.15) is 53.7 Å². The molecule has 1 amide bonds. The van der Waals surface area contributed by atoms with Crippen molar-refractivity contribution in [1.29, 1.82) is 0 Å². The fourth-order valence-electron chi connectivity index (χ4n) is 3.56. The number of pyridine rings is 1. The van der Waals surface area contributed by atoms with Crippen molar-refractivity contribution in [2.45, 2.75) is 45.1 Å². The third-order valence-corrected chi connectivity index (χ3v) is 4.72. The zero-order valence-electron chi connectivity index (χ0n) is 12.3. The van der Waals surface area contributed by atoms with E-state index in [0.717, 1.165) is 43.2 Å². The molecule has 0 atom stereocenters. The predicted molar refractivity (Wildman–Crippen MR) is 79.0 cm³/mol. The van der Waals surface area contributed by atoms with E-state index in [1.807, 2.05) is 6.07 Å². The number of fused-ring (bicyclic) bond motifs is 1. The van der Waals surface area contributed by atoms with Crippen molar-refractivity contribution < 1.29 is 10.0 Å². The average molecular weight is 289 g/mol. The van der Waals surface area contributed by atoms with E-state index in [-0.39, 0.29) is 0 Å². The Morgan fingerprint density at radius 2 is 2.19 bits per heavy atom. The highest BCUT2D eigenvalue weighted by Crippen LogP contribution is 2.26. The Hall–Kier alpha value is -1.46. The van der Waals surface area contributed by atoms with Gasteiger partial charge in [0.1, 0.15) is 0 Å². The summed E-state index contributed by atoms with van der Waals surface area (Å²) in [7, 11) is 0. The SMILES string of the molecule is O=C(NO)c1cnc2c(c1)CN(CC1CCCCC1)CC2. The summed E-state index contributed by atoms with van der Waals surface area (Å²) >= 11 is 0. The highest BCUT2D eigenvalue weighted by atomic mass is 16.5. The minimum absolute atomic E-state index is 0.427.